The number of anilines is 1. The van der Waals surface area contributed by atoms with Gasteiger partial charge in [-0.05, 0) is 23.8 Å². The fourth-order valence-electron chi connectivity index (χ4n) is 1.43. The molecule has 0 aliphatic carbocycles. The van der Waals surface area contributed by atoms with Gasteiger partial charge in [0.15, 0.2) is 0 Å². The first-order chi connectivity index (χ1) is 8.13. The molecule has 2 aromatic rings. The van der Waals surface area contributed by atoms with Crippen LogP contribution in [0.4, 0.5) is 14.5 Å². The Morgan fingerprint density at radius 2 is 1.88 bits per heavy atom. The molecule has 0 radical (unpaired) electrons. The van der Waals surface area contributed by atoms with Crippen molar-refractivity contribution in [3.63, 3.8) is 0 Å². The number of nitrogens with one attached hydrogen (secondary N) is 1. The lowest BCUT2D eigenvalue weighted by Crippen LogP contribution is -2.00. The van der Waals surface area contributed by atoms with Crippen LogP contribution in [-0.2, 0) is 6.54 Å². The Morgan fingerprint density at radius 3 is 2.59 bits per heavy atom. The zero-order valence-corrected chi connectivity index (χ0v) is 9.51. The largest absolute Gasteiger partial charge is 0.380 e. The van der Waals surface area contributed by atoms with Gasteiger partial charge in [0.05, 0.1) is 18.1 Å². The molecule has 1 N–H and O–H groups in total. The standard InChI is InChI=1S/C12H9ClF2N2/c13-9-1-8(2-10(14)3-9)5-17-12-4-11(15)6-16-7-12/h1-4,6-7,17H,5H2. The average Bonchev–Trinajstić information content (AvgIpc) is 2.25. The lowest BCUT2D eigenvalue weighted by Gasteiger charge is -2.06. The normalized spacial score (nSPS) is 10.3. The molecule has 2 rings (SSSR count). The third-order valence-corrected chi connectivity index (χ3v) is 2.34. The number of rotatable bonds is 3. The van der Waals surface area contributed by atoms with E-state index in [1.807, 2.05) is 0 Å². The van der Waals surface area contributed by atoms with E-state index in [0.717, 1.165) is 6.20 Å². The molecule has 0 fully saturated rings. The predicted molar refractivity (Wildman–Crippen MR) is 62.9 cm³/mol. The molecule has 88 valence electrons. The number of hydrogen-bond donors (Lipinski definition) is 1. The van der Waals surface area contributed by atoms with E-state index in [4.69, 9.17) is 11.6 Å². The molecule has 1 aromatic heterocycles. The molecule has 17 heavy (non-hydrogen) atoms. The minimum absolute atomic E-state index is 0.333. The second kappa shape index (κ2) is 5.10. The number of hydrogen-bond acceptors (Lipinski definition) is 2. The van der Waals surface area contributed by atoms with Gasteiger partial charge >= 0.3 is 0 Å². The molecule has 2 nitrogen and oxygen atoms in total. The Morgan fingerprint density at radius 1 is 1.06 bits per heavy atom. The van der Waals surface area contributed by atoms with Crippen molar-refractivity contribution >= 4 is 17.3 Å². The van der Waals surface area contributed by atoms with Crippen molar-refractivity contribution in [2.24, 2.45) is 0 Å². The van der Waals surface area contributed by atoms with Crippen LogP contribution in [0.25, 0.3) is 0 Å². The maximum absolute atomic E-state index is 13.0. The van der Waals surface area contributed by atoms with Gasteiger partial charge in [0.25, 0.3) is 0 Å². The Kier molecular flexibility index (Phi) is 3.54. The summed E-state index contributed by atoms with van der Waals surface area (Å²) in [5.41, 5.74) is 1.21. The fraction of sp³-hybridized carbons (Fsp3) is 0.0833. The average molecular weight is 255 g/mol. The Hall–Kier alpha value is -1.68. The maximum Gasteiger partial charge on any atom is 0.143 e. The van der Waals surface area contributed by atoms with Crippen LogP contribution in [0.5, 0.6) is 0 Å². The summed E-state index contributed by atoms with van der Waals surface area (Å²) >= 11 is 5.72. The van der Waals surface area contributed by atoms with E-state index in [2.05, 4.69) is 10.3 Å². The van der Waals surface area contributed by atoms with Crippen molar-refractivity contribution in [1.82, 2.24) is 4.98 Å². The summed E-state index contributed by atoms with van der Waals surface area (Å²) in [6.07, 6.45) is 2.61. The summed E-state index contributed by atoms with van der Waals surface area (Å²) in [7, 11) is 0. The number of pyridine rings is 1. The van der Waals surface area contributed by atoms with Crippen LogP contribution >= 0.6 is 11.6 Å². The molecule has 5 heteroatoms. The molecule has 0 unspecified atom stereocenters. The highest BCUT2D eigenvalue weighted by atomic mass is 35.5. The summed E-state index contributed by atoms with van der Waals surface area (Å²) in [6.45, 7) is 0.350. The fourth-order valence-corrected chi connectivity index (χ4v) is 1.67. The van der Waals surface area contributed by atoms with E-state index < -0.39 is 11.6 Å². The van der Waals surface area contributed by atoms with Crippen LogP contribution in [0, 0.1) is 11.6 Å². The SMILES string of the molecule is Fc1cc(Cl)cc(CNc2cncc(F)c2)c1. The van der Waals surface area contributed by atoms with Gasteiger partial charge in [0.1, 0.15) is 11.6 Å². The van der Waals surface area contributed by atoms with Gasteiger partial charge in [-0.1, -0.05) is 11.6 Å². The van der Waals surface area contributed by atoms with E-state index >= 15 is 0 Å². The van der Waals surface area contributed by atoms with Crippen LogP contribution in [0.3, 0.4) is 0 Å². The first kappa shape index (κ1) is 11.8. The molecular formula is C12H9ClF2N2. The van der Waals surface area contributed by atoms with Crippen LogP contribution < -0.4 is 5.32 Å². The van der Waals surface area contributed by atoms with Gasteiger partial charge in [-0.25, -0.2) is 8.78 Å². The van der Waals surface area contributed by atoms with Crippen molar-refractivity contribution in [2.45, 2.75) is 6.54 Å². The van der Waals surface area contributed by atoms with Crippen molar-refractivity contribution in [1.29, 1.82) is 0 Å². The lowest BCUT2D eigenvalue weighted by atomic mass is 10.2. The van der Waals surface area contributed by atoms with Crippen LogP contribution in [-0.4, -0.2) is 4.98 Å². The van der Waals surface area contributed by atoms with Gasteiger partial charge in [0.2, 0.25) is 0 Å². The number of benzene rings is 1. The zero-order valence-electron chi connectivity index (χ0n) is 8.75. The highest BCUT2D eigenvalue weighted by Gasteiger charge is 2.00. The first-order valence-electron chi connectivity index (χ1n) is 4.93. The third kappa shape index (κ3) is 3.39. The zero-order chi connectivity index (χ0) is 12.3. The van der Waals surface area contributed by atoms with Crippen LogP contribution in [0.1, 0.15) is 5.56 Å². The quantitative estimate of drug-likeness (QED) is 0.905. The van der Waals surface area contributed by atoms with Crippen molar-refractivity contribution in [3.8, 4) is 0 Å². The molecule has 0 amide bonds. The van der Waals surface area contributed by atoms with E-state index in [9.17, 15) is 8.78 Å². The highest BCUT2D eigenvalue weighted by molar-refractivity contribution is 6.30. The molecule has 0 atom stereocenters. The topological polar surface area (TPSA) is 24.9 Å². The Labute approximate surface area is 102 Å². The van der Waals surface area contributed by atoms with Crippen molar-refractivity contribution < 1.29 is 8.78 Å². The van der Waals surface area contributed by atoms with E-state index in [0.29, 0.717) is 22.8 Å². The van der Waals surface area contributed by atoms with Gasteiger partial charge < -0.3 is 5.32 Å². The molecule has 1 heterocycles. The summed E-state index contributed by atoms with van der Waals surface area (Å²) in [5.74, 6) is -0.820. The smallest absolute Gasteiger partial charge is 0.143 e. The molecule has 0 saturated heterocycles. The maximum atomic E-state index is 13.0. The molecule has 0 aliphatic rings. The predicted octanol–water partition coefficient (Wildman–Crippen LogP) is 3.63. The number of halogens is 3. The van der Waals surface area contributed by atoms with E-state index in [1.165, 1.54) is 24.4 Å². The van der Waals surface area contributed by atoms with Gasteiger partial charge in [0, 0.05) is 17.6 Å². The van der Waals surface area contributed by atoms with Crippen LogP contribution in [0.15, 0.2) is 36.7 Å². The monoisotopic (exact) mass is 254 g/mol. The molecule has 0 bridgehead atoms. The minimum Gasteiger partial charge on any atom is -0.380 e. The van der Waals surface area contributed by atoms with Crippen molar-refractivity contribution in [3.05, 3.63) is 58.9 Å². The highest BCUT2D eigenvalue weighted by Crippen LogP contribution is 2.15. The Balaban J connectivity index is 2.07. The van der Waals surface area contributed by atoms with Gasteiger partial charge in [-0.2, -0.15) is 0 Å². The molecule has 0 aliphatic heterocycles. The second-order valence-electron chi connectivity index (χ2n) is 3.52. The first-order valence-corrected chi connectivity index (χ1v) is 5.31. The molecular weight excluding hydrogens is 246 g/mol. The number of nitrogens with zero attached hydrogens (tertiary/aromatic N) is 1. The lowest BCUT2D eigenvalue weighted by molar-refractivity contribution is 0.621. The summed E-state index contributed by atoms with van der Waals surface area (Å²) in [4.78, 5) is 3.69. The summed E-state index contributed by atoms with van der Waals surface area (Å²) in [5, 5.41) is 3.26. The summed E-state index contributed by atoms with van der Waals surface area (Å²) in [6, 6.07) is 5.55. The molecule has 0 saturated carbocycles. The van der Waals surface area contributed by atoms with Gasteiger partial charge in [-0.3, -0.25) is 4.98 Å². The van der Waals surface area contributed by atoms with Gasteiger partial charge in [-0.15, -0.1) is 0 Å². The van der Waals surface area contributed by atoms with Crippen LogP contribution in [0.2, 0.25) is 5.02 Å². The Bertz CT molecular complexity index is 511. The number of aromatic nitrogens is 1. The minimum atomic E-state index is -0.424. The van der Waals surface area contributed by atoms with E-state index in [-0.39, 0.29) is 0 Å². The molecule has 1 aromatic carbocycles. The molecule has 0 spiro atoms. The van der Waals surface area contributed by atoms with E-state index in [1.54, 1.807) is 6.07 Å². The second-order valence-corrected chi connectivity index (χ2v) is 3.96. The summed E-state index contributed by atoms with van der Waals surface area (Å²) < 4.78 is 25.9. The van der Waals surface area contributed by atoms with Crippen molar-refractivity contribution in [2.75, 3.05) is 5.32 Å². The third-order valence-electron chi connectivity index (χ3n) is 2.12.